The number of ether oxygens (including phenoxy) is 2. The van der Waals surface area contributed by atoms with Crippen LogP contribution in [0.15, 0.2) is 42.5 Å². The zero-order valence-corrected chi connectivity index (χ0v) is 25.4. The number of amides is 1. The SMILES string of the molecule is CCOc1ccc(C(=O)N(CCCCC[C@@H]2Cc3cc(O)ccc3C3C2C2CC[C@H](O)[C@@]2(C)C[C@@H]3F)CCOC)cc1. The fraction of sp³-hybridized carbons (Fsp3) is 0.629. The molecule has 1 amide bonds. The van der Waals surface area contributed by atoms with Crippen LogP contribution in [-0.2, 0) is 11.2 Å². The fourth-order valence-corrected chi connectivity index (χ4v) is 8.48. The van der Waals surface area contributed by atoms with Gasteiger partial charge in [0.1, 0.15) is 17.7 Å². The first-order valence-corrected chi connectivity index (χ1v) is 15.9. The van der Waals surface area contributed by atoms with Crippen molar-refractivity contribution in [2.75, 3.05) is 33.4 Å². The number of alkyl halides is 1. The topological polar surface area (TPSA) is 79.2 Å². The van der Waals surface area contributed by atoms with E-state index in [0.717, 1.165) is 61.8 Å². The smallest absolute Gasteiger partial charge is 0.253 e. The van der Waals surface area contributed by atoms with E-state index in [1.54, 1.807) is 13.2 Å². The van der Waals surface area contributed by atoms with E-state index in [2.05, 4.69) is 6.92 Å². The Morgan fingerprint density at radius 2 is 1.88 bits per heavy atom. The minimum Gasteiger partial charge on any atom is -0.508 e. The Kier molecular flexibility index (Phi) is 9.78. The number of unbranched alkanes of at least 4 members (excludes halogenated alkanes) is 2. The summed E-state index contributed by atoms with van der Waals surface area (Å²) in [6, 6.07) is 12.8. The number of methoxy groups -OCH3 is 1. The van der Waals surface area contributed by atoms with Crippen LogP contribution >= 0.6 is 0 Å². The van der Waals surface area contributed by atoms with Gasteiger partial charge < -0.3 is 24.6 Å². The summed E-state index contributed by atoms with van der Waals surface area (Å²) in [6.45, 7) is 6.30. The lowest BCUT2D eigenvalue weighted by molar-refractivity contribution is -0.0722. The lowest BCUT2D eigenvalue weighted by Crippen LogP contribution is -2.51. The van der Waals surface area contributed by atoms with Crippen LogP contribution in [0, 0.1) is 23.2 Å². The first-order valence-electron chi connectivity index (χ1n) is 15.9. The van der Waals surface area contributed by atoms with E-state index in [1.807, 2.05) is 48.2 Å². The van der Waals surface area contributed by atoms with Crippen LogP contribution in [0.5, 0.6) is 11.5 Å². The minimum atomic E-state index is -0.988. The number of aliphatic hydroxyl groups excluding tert-OH is 1. The molecule has 5 rings (SSSR count). The first kappa shape index (κ1) is 30.8. The third kappa shape index (κ3) is 6.19. The van der Waals surface area contributed by atoms with E-state index in [1.165, 1.54) is 0 Å². The maximum Gasteiger partial charge on any atom is 0.253 e. The second kappa shape index (κ2) is 13.3. The highest BCUT2D eigenvalue weighted by molar-refractivity contribution is 5.94. The van der Waals surface area contributed by atoms with Crippen LogP contribution in [-0.4, -0.2) is 66.7 Å². The molecule has 42 heavy (non-hydrogen) atoms. The summed E-state index contributed by atoms with van der Waals surface area (Å²) >= 11 is 0. The zero-order chi connectivity index (χ0) is 29.9. The van der Waals surface area contributed by atoms with Gasteiger partial charge in [-0.2, -0.15) is 0 Å². The Hall–Kier alpha value is -2.64. The van der Waals surface area contributed by atoms with Gasteiger partial charge in [-0.25, -0.2) is 4.39 Å². The molecule has 0 spiro atoms. The Labute approximate surface area is 250 Å². The summed E-state index contributed by atoms with van der Waals surface area (Å²) in [5.41, 5.74) is 2.42. The summed E-state index contributed by atoms with van der Waals surface area (Å²) in [5, 5.41) is 21.1. The van der Waals surface area contributed by atoms with Crippen molar-refractivity contribution >= 4 is 5.91 Å². The van der Waals surface area contributed by atoms with Crippen molar-refractivity contribution in [2.45, 2.75) is 83.4 Å². The van der Waals surface area contributed by atoms with E-state index in [-0.39, 0.29) is 28.9 Å². The molecule has 0 bridgehead atoms. The molecule has 0 aliphatic heterocycles. The van der Waals surface area contributed by atoms with Gasteiger partial charge >= 0.3 is 0 Å². The van der Waals surface area contributed by atoms with Gasteiger partial charge in [0.05, 0.1) is 19.3 Å². The van der Waals surface area contributed by atoms with Gasteiger partial charge in [0, 0.05) is 31.7 Å². The van der Waals surface area contributed by atoms with Crippen molar-refractivity contribution in [3.8, 4) is 11.5 Å². The van der Waals surface area contributed by atoms with Crippen molar-refractivity contribution in [2.24, 2.45) is 23.2 Å². The highest BCUT2D eigenvalue weighted by Gasteiger charge is 2.59. The van der Waals surface area contributed by atoms with Crippen LogP contribution < -0.4 is 4.74 Å². The molecule has 3 aliphatic carbocycles. The average molecular weight is 582 g/mol. The van der Waals surface area contributed by atoms with Crippen molar-refractivity contribution in [3.63, 3.8) is 0 Å². The highest BCUT2D eigenvalue weighted by atomic mass is 19.1. The first-order chi connectivity index (χ1) is 20.3. The number of hydrogen-bond donors (Lipinski definition) is 2. The molecule has 7 heteroatoms. The lowest BCUT2D eigenvalue weighted by atomic mass is 9.51. The average Bonchev–Trinajstić information content (AvgIpc) is 3.27. The molecule has 0 saturated heterocycles. The molecule has 0 aromatic heterocycles. The number of carbonyl (C=O) groups excluding carboxylic acids is 1. The molecule has 2 aromatic carbocycles. The molecule has 0 heterocycles. The standard InChI is InChI=1S/C35H48FNO5/c1-4-42-27-12-9-23(10-13-27)34(40)37(18-19-41-3)17-7-5-6-8-24-20-25-21-26(38)11-14-28(25)33-30(36)22-35(2)29(32(24)33)15-16-31(35)39/h9-14,21,24,29-33,38-39H,4-8,15-20,22H2,1-3H3/t24-,29?,30+,31+,32?,33?,35+/m1/s1. The molecule has 2 N–H and O–H groups in total. The van der Waals surface area contributed by atoms with Crippen molar-refractivity contribution in [1.29, 1.82) is 0 Å². The van der Waals surface area contributed by atoms with Gasteiger partial charge in [0.2, 0.25) is 0 Å². The van der Waals surface area contributed by atoms with Crippen LogP contribution in [0.25, 0.3) is 0 Å². The van der Waals surface area contributed by atoms with E-state index in [0.29, 0.717) is 50.1 Å². The third-order valence-corrected chi connectivity index (χ3v) is 10.5. The Morgan fingerprint density at radius 3 is 2.62 bits per heavy atom. The largest absolute Gasteiger partial charge is 0.508 e. The third-order valence-electron chi connectivity index (χ3n) is 10.5. The van der Waals surface area contributed by atoms with Gasteiger partial charge in [0.15, 0.2) is 0 Å². The predicted molar refractivity (Wildman–Crippen MR) is 162 cm³/mol. The number of aromatic hydroxyl groups is 1. The Morgan fingerprint density at radius 1 is 1.10 bits per heavy atom. The summed E-state index contributed by atoms with van der Waals surface area (Å²) < 4.78 is 26.8. The van der Waals surface area contributed by atoms with E-state index in [4.69, 9.17) is 9.47 Å². The Bertz CT molecular complexity index is 1200. The van der Waals surface area contributed by atoms with Crippen LogP contribution in [0.3, 0.4) is 0 Å². The lowest BCUT2D eigenvalue weighted by Gasteiger charge is -2.54. The molecule has 3 aliphatic rings. The number of hydrogen-bond acceptors (Lipinski definition) is 5. The number of fused-ring (bicyclic) bond motifs is 5. The van der Waals surface area contributed by atoms with Crippen molar-refractivity contribution in [1.82, 2.24) is 4.90 Å². The molecule has 3 unspecified atom stereocenters. The summed E-state index contributed by atoms with van der Waals surface area (Å²) in [5.74, 6) is 1.65. The van der Waals surface area contributed by atoms with E-state index >= 15 is 4.39 Å². The molecule has 6 nitrogen and oxygen atoms in total. The fourth-order valence-electron chi connectivity index (χ4n) is 8.48. The molecular weight excluding hydrogens is 533 g/mol. The quantitative estimate of drug-likeness (QED) is 0.279. The molecule has 2 saturated carbocycles. The molecule has 0 radical (unpaired) electrons. The van der Waals surface area contributed by atoms with Crippen molar-refractivity contribution in [3.05, 3.63) is 59.2 Å². The number of phenols is 1. The number of nitrogens with zero attached hydrogens (tertiary/aromatic N) is 1. The van der Waals surface area contributed by atoms with Gasteiger partial charge in [-0.3, -0.25) is 4.79 Å². The van der Waals surface area contributed by atoms with E-state index in [9.17, 15) is 15.0 Å². The monoisotopic (exact) mass is 581 g/mol. The molecule has 2 fully saturated rings. The maximum absolute atomic E-state index is 16.0. The second-order valence-electron chi connectivity index (χ2n) is 13.0. The van der Waals surface area contributed by atoms with Crippen molar-refractivity contribution < 1.29 is 28.9 Å². The second-order valence-corrected chi connectivity index (χ2v) is 13.0. The number of aliphatic hydroxyl groups is 1. The highest BCUT2D eigenvalue weighted by Crippen LogP contribution is 2.63. The molecular formula is C35H48FNO5. The van der Waals surface area contributed by atoms with E-state index < -0.39 is 12.3 Å². The number of rotatable bonds is 12. The van der Waals surface area contributed by atoms with Gasteiger partial charge in [-0.1, -0.05) is 25.8 Å². The summed E-state index contributed by atoms with van der Waals surface area (Å²) in [4.78, 5) is 15.1. The summed E-state index contributed by atoms with van der Waals surface area (Å²) in [6.07, 6.45) is 5.39. The van der Waals surface area contributed by atoms with Crippen LogP contribution in [0.2, 0.25) is 0 Å². The number of benzene rings is 2. The number of phenolic OH excluding ortho intramolecular Hbond substituents is 1. The molecule has 2 aromatic rings. The Balaban J connectivity index is 1.23. The van der Waals surface area contributed by atoms with Gasteiger partial charge in [-0.05, 0) is 116 Å². The van der Waals surface area contributed by atoms with Crippen LogP contribution in [0.1, 0.15) is 86.2 Å². The number of carbonyl (C=O) groups is 1. The molecule has 230 valence electrons. The van der Waals surface area contributed by atoms with Crippen LogP contribution in [0.4, 0.5) is 4.39 Å². The van der Waals surface area contributed by atoms with Gasteiger partial charge in [-0.15, -0.1) is 0 Å². The maximum atomic E-state index is 16.0. The molecule has 7 atom stereocenters. The summed E-state index contributed by atoms with van der Waals surface area (Å²) in [7, 11) is 1.65. The zero-order valence-electron chi connectivity index (χ0n) is 25.4. The predicted octanol–water partition coefficient (Wildman–Crippen LogP) is 6.53. The minimum absolute atomic E-state index is 0.00287. The van der Waals surface area contributed by atoms with Gasteiger partial charge in [0.25, 0.3) is 5.91 Å². The number of halogens is 1. The normalized spacial score (nSPS) is 29.8.